The van der Waals surface area contributed by atoms with Crippen molar-refractivity contribution in [2.75, 3.05) is 18.0 Å². The van der Waals surface area contributed by atoms with Crippen molar-refractivity contribution in [3.63, 3.8) is 0 Å². The van der Waals surface area contributed by atoms with Gasteiger partial charge in [-0.1, -0.05) is 31.5 Å². The van der Waals surface area contributed by atoms with E-state index in [4.69, 9.17) is 5.73 Å². The maximum absolute atomic E-state index is 10.1. The molecule has 3 atom stereocenters. The number of rotatable bonds is 4. The number of nitrogens with zero attached hydrogens (tertiary/aromatic N) is 1. The topological polar surface area (TPSA) is 49.5 Å². The van der Waals surface area contributed by atoms with Crippen LogP contribution in [0.4, 0.5) is 5.69 Å². The summed E-state index contributed by atoms with van der Waals surface area (Å²) in [5.41, 5.74) is 8.74. The minimum atomic E-state index is -0.217. The van der Waals surface area contributed by atoms with Crippen molar-refractivity contribution in [2.24, 2.45) is 17.6 Å². The summed E-state index contributed by atoms with van der Waals surface area (Å²) in [5, 5.41) is 10.1. The Morgan fingerprint density at radius 2 is 1.90 bits per heavy atom. The molecule has 1 fully saturated rings. The van der Waals surface area contributed by atoms with Crippen LogP contribution in [0, 0.1) is 18.8 Å². The zero-order valence-corrected chi connectivity index (χ0v) is 12.9. The molecule has 0 saturated carbocycles. The van der Waals surface area contributed by atoms with Crippen molar-refractivity contribution in [3.05, 3.63) is 29.8 Å². The van der Waals surface area contributed by atoms with Crippen molar-refractivity contribution >= 4 is 5.69 Å². The molecule has 3 unspecified atom stereocenters. The molecule has 3 N–H and O–H groups in total. The van der Waals surface area contributed by atoms with Crippen LogP contribution in [0.15, 0.2) is 24.3 Å². The Hall–Kier alpha value is -1.06. The quantitative estimate of drug-likeness (QED) is 0.888. The normalized spacial score (nSPS) is 25.0. The summed E-state index contributed by atoms with van der Waals surface area (Å²) in [6.07, 6.45) is 1.66. The van der Waals surface area contributed by atoms with E-state index in [0.717, 1.165) is 25.9 Å². The summed E-state index contributed by atoms with van der Waals surface area (Å²) in [6, 6.07) is 8.84. The maximum Gasteiger partial charge on any atom is 0.0566 e. The van der Waals surface area contributed by atoms with Crippen LogP contribution in [-0.4, -0.2) is 30.3 Å². The molecular formula is C17H28N2O. The zero-order chi connectivity index (χ0) is 14.7. The van der Waals surface area contributed by atoms with E-state index in [0.29, 0.717) is 11.8 Å². The lowest BCUT2D eigenvalue weighted by atomic mass is 9.87. The summed E-state index contributed by atoms with van der Waals surface area (Å²) in [4.78, 5) is 2.37. The Balaban J connectivity index is 2.02. The molecule has 0 spiro atoms. The minimum Gasteiger partial charge on any atom is -0.393 e. The Bertz CT molecular complexity index is 416. The third-order valence-electron chi connectivity index (χ3n) is 4.31. The first-order chi connectivity index (χ1) is 9.45. The van der Waals surface area contributed by atoms with E-state index in [1.165, 1.54) is 11.3 Å². The Labute approximate surface area is 122 Å². The molecule has 3 nitrogen and oxygen atoms in total. The molecule has 0 aliphatic carbocycles. The number of benzene rings is 1. The molecule has 1 heterocycles. The largest absolute Gasteiger partial charge is 0.393 e. The fourth-order valence-corrected chi connectivity index (χ4v) is 3.00. The Kier molecular flexibility index (Phi) is 5.06. The van der Waals surface area contributed by atoms with E-state index in [1.807, 2.05) is 0 Å². The van der Waals surface area contributed by atoms with Crippen molar-refractivity contribution in [2.45, 2.75) is 45.8 Å². The van der Waals surface area contributed by atoms with Gasteiger partial charge in [0.2, 0.25) is 0 Å². The van der Waals surface area contributed by atoms with E-state index >= 15 is 0 Å². The fraction of sp³-hybridized carbons (Fsp3) is 0.647. The highest BCUT2D eigenvalue weighted by Gasteiger charge is 2.27. The number of aryl methyl sites for hydroxylation is 1. The first kappa shape index (κ1) is 15.3. The molecule has 3 heteroatoms. The number of aliphatic hydroxyl groups is 1. The molecule has 1 aliphatic heterocycles. The van der Waals surface area contributed by atoms with Gasteiger partial charge < -0.3 is 15.7 Å². The molecule has 0 amide bonds. The summed E-state index contributed by atoms with van der Waals surface area (Å²) in [5.74, 6) is 0.804. The average Bonchev–Trinajstić information content (AvgIpc) is 2.38. The van der Waals surface area contributed by atoms with Gasteiger partial charge in [-0.15, -0.1) is 0 Å². The highest BCUT2D eigenvalue weighted by Crippen LogP contribution is 2.27. The van der Waals surface area contributed by atoms with Crippen molar-refractivity contribution in [1.82, 2.24) is 0 Å². The smallest absolute Gasteiger partial charge is 0.0566 e. The lowest BCUT2D eigenvalue weighted by molar-refractivity contribution is 0.0922. The van der Waals surface area contributed by atoms with Crippen LogP contribution in [0.25, 0.3) is 0 Å². The number of aliphatic hydroxyl groups excluding tert-OH is 1. The van der Waals surface area contributed by atoms with Gasteiger partial charge in [0.15, 0.2) is 0 Å². The first-order valence-electron chi connectivity index (χ1n) is 7.71. The lowest BCUT2D eigenvalue weighted by Gasteiger charge is -2.39. The molecule has 1 aromatic carbocycles. The van der Waals surface area contributed by atoms with Crippen LogP contribution in [-0.2, 0) is 0 Å². The molecular weight excluding hydrogens is 248 g/mol. The SMILES string of the molecule is Cc1ccc(N2CC(N)CC(CC(O)C(C)C)C2)cc1. The molecule has 0 aromatic heterocycles. The van der Waals surface area contributed by atoms with Crippen LogP contribution in [0.3, 0.4) is 0 Å². The van der Waals surface area contributed by atoms with Crippen molar-refractivity contribution < 1.29 is 5.11 Å². The molecule has 1 aliphatic rings. The van der Waals surface area contributed by atoms with Crippen LogP contribution in [0.1, 0.15) is 32.3 Å². The number of nitrogens with two attached hydrogens (primary N) is 1. The second kappa shape index (κ2) is 6.59. The number of piperidine rings is 1. The predicted molar refractivity (Wildman–Crippen MR) is 84.9 cm³/mol. The summed E-state index contributed by atoms with van der Waals surface area (Å²) >= 11 is 0. The average molecular weight is 276 g/mol. The van der Waals surface area contributed by atoms with E-state index in [2.05, 4.69) is 49.9 Å². The highest BCUT2D eigenvalue weighted by molar-refractivity contribution is 5.48. The molecule has 2 rings (SSSR count). The standard InChI is InChI=1S/C17H28N2O/c1-12(2)17(20)9-14-8-15(18)11-19(10-14)16-6-4-13(3)5-7-16/h4-7,12,14-15,17,20H,8-11,18H2,1-3H3. The van der Waals surface area contributed by atoms with Gasteiger partial charge in [-0.2, -0.15) is 0 Å². The van der Waals surface area contributed by atoms with E-state index in [9.17, 15) is 5.11 Å². The summed E-state index contributed by atoms with van der Waals surface area (Å²) < 4.78 is 0. The molecule has 1 aromatic rings. The maximum atomic E-state index is 10.1. The van der Waals surface area contributed by atoms with Crippen LogP contribution in [0.2, 0.25) is 0 Å². The summed E-state index contributed by atoms with van der Waals surface area (Å²) in [7, 11) is 0. The number of hydrogen-bond acceptors (Lipinski definition) is 3. The van der Waals surface area contributed by atoms with Gasteiger partial charge >= 0.3 is 0 Å². The second-order valence-electron chi connectivity index (χ2n) is 6.65. The van der Waals surface area contributed by atoms with Gasteiger partial charge in [0.05, 0.1) is 6.10 Å². The molecule has 1 saturated heterocycles. The van der Waals surface area contributed by atoms with Crippen LogP contribution < -0.4 is 10.6 Å². The first-order valence-corrected chi connectivity index (χ1v) is 7.71. The number of anilines is 1. The van der Waals surface area contributed by atoms with Crippen molar-refractivity contribution in [1.29, 1.82) is 0 Å². The van der Waals surface area contributed by atoms with Crippen LogP contribution >= 0.6 is 0 Å². The fourth-order valence-electron chi connectivity index (χ4n) is 3.00. The minimum absolute atomic E-state index is 0.203. The van der Waals surface area contributed by atoms with Gasteiger partial charge in [0.1, 0.15) is 0 Å². The van der Waals surface area contributed by atoms with Gasteiger partial charge in [0.25, 0.3) is 0 Å². The molecule has 112 valence electrons. The number of hydrogen-bond donors (Lipinski definition) is 2. The molecule has 20 heavy (non-hydrogen) atoms. The van der Waals surface area contributed by atoms with E-state index < -0.39 is 0 Å². The predicted octanol–water partition coefficient (Wildman–Crippen LogP) is 2.56. The van der Waals surface area contributed by atoms with Crippen molar-refractivity contribution in [3.8, 4) is 0 Å². The van der Waals surface area contributed by atoms with E-state index in [-0.39, 0.29) is 12.1 Å². The lowest BCUT2D eigenvalue weighted by Crippen LogP contribution is -2.48. The van der Waals surface area contributed by atoms with E-state index in [1.54, 1.807) is 0 Å². The van der Waals surface area contributed by atoms with Gasteiger partial charge in [0, 0.05) is 24.8 Å². The summed E-state index contributed by atoms with van der Waals surface area (Å²) in [6.45, 7) is 8.17. The Morgan fingerprint density at radius 1 is 1.25 bits per heavy atom. The third kappa shape index (κ3) is 3.97. The van der Waals surface area contributed by atoms with Gasteiger partial charge in [-0.05, 0) is 43.7 Å². The third-order valence-corrected chi connectivity index (χ3v) is 4.31. The van der Waals surface area contributed by atoms with Gasteiger partial charge in [-0.25, -0.2) is 0 Å². The zero-order valence-electron chi connectivity index (χ0n) is 12.9. The molecule has 0 bridgehead atoms. The van der Waals surface area contributed by atoms with Crippen LogP contribution in [0.5, 0.6) is 0 Å². The second-order valence-corrected chi connectivity index (χ2v) is 6.65. The Morgan fingerprint density at radius 3 is 2.50 bits per heavy atom. The highest BCUT2D eigenvalue weighted by atomic mass is 16.3. The molecule has 0 radical (unpaired) electrons. The monoisotopic (exact) mass is 276 g/mol. The van der Waals surface area contributed by atoms with Gasteiger partial charge in [-0.3, -0.25) is 0 Å².